The van der Waals surface area contributed by atoms with Gasteiger partial charge in [0, 0.05) is 12.3 Å². The van der Waals surface area contributed by atoms with Gasteiger partial charge in [0.25, 0.3) is 5.91 Å². The van der Waals surface area contributed by atoms with E-state index in [4.69, 9.17) is 0 Å². The summed E-state index contributed by atoms with van der Waals surface area (Å²) in [5, 5.41) is 7.38. The molecule has 0 aliphatic heterocycles. The highest BCUT2D eigenvalue weighted by atomic mass is 16.2. The molecule has 3 rings (SSSR count). The first kappa shape index (κ1) is 15.0. The standard InChI is InChI=1S/C18H18N4O/c1-12-8-13(2)10-15(9-12)22-17(11-14(3)21-22)20-18(23)16-6-4-5-7-19-16/h4-11H,1-3H3,(H,20,23). The van der Waals surface area contributed by atoms with Gasteiger partial charge in [-0.1, -0.05) is 12.1 Å². The number of carbonyl (C=O) groups is 1. The van der Waals surface area contributed by atoms with Crippen molar-refractivity contribution in [2.24, 2.45) is 0 Å². The number of amides is 1. The minimum absolute atomic E-state index is 0.254. The van der Waals surface area contributed by atoms with Gasteiger partial charge < -0.3 is 5.32 Å². The van der Waals surface area contributed by atoms with Crippen molar-refractivity contribution < 1.29 is 4.79 Å². The van der Waals surface area contributed by atoms with Gasteiger partial charge in [-0.25, -0.2) is 4.68 Å². The van der Waals surface area contributed by atoms with Crippen molar-refractivity contribution in [1.82, 2.24) is 14.8 Å². The van der Waals surface area contributed by atoms with Crippen molar-refractivity contribution in [1.29, 1.82) is 0 Å². The molecule has 23 heavy (non-hydrogen) atoms. The largest absolute Gasteiger partial charge is 0.305 e. The van der Waals surface area contributed by atoms with Crippen molar-refractivity contribution in [3.63, 3.8) is 0 Å². The van der Waals surface area contributed by atoms with Gasteiger partial charge in [-0.3, -0.25) is 9.78 Å². The van der Waals surface area contributed by atoms with E-state index >= 15 is 0 Å². The monoisotopic (exact) mass is 306 g/mol. The fourth-order valence-corrected chi connectivity index (χ4v) is 2.54. The molecule has 5 nitrogen and oxygen atoms in total. The minimum Gasteiger partial charge on any atom is -0.305 e. The van der Waals surface area contributed by atoms with Gasteiger partial charge in [0.05, 0.1) is 11.4 Å². The van der Waals surface area contributed by atoms with Crippen LogP contribution in [-0.4, -0.2) is 20.7 Å². The van der Waals surface area contributed by atoms with Gasteiger partial charge in [0.2, 0.25) is 0 Å². The van der Waals surface area contributed by atoms with E-state index in [1.807, 2.05) is 39.0 Å². The van der Waals surface area contributed by atoms with E-state index in [1.165, 1.54) is 0 Å². The summed E-state index contributed by atoms with van der Waals surface area (Å²) in [5.41, 5.74) is 4.43. The minimum atomic E-state index is -0.254. The molecule has 1 amide bonds. The zero-order valence-electron chi connectivity index (χ0n) is 13.4. The molecule has 0 unspecified atom stereocenters. The van der Waals surface area contributed by atoms with Crippen LogP contribution in [-0.2, 0) is 0 Å². The maximum Gasteiger partial charge on any atom is 0.275 e. The predicted octanol–water partition coefficient (Wildman–Crippen LogP) is 3.44. The second-order valence-corrected chi connectivity index (χ2v) is 5.60. The van der Waals surface area contributed by atoms with Crippen molar-refractivity contribution in [2.45, 2.75) is 20.8 Å². The SMILES string of the molecule is Cc1cc(C)cc(-n2nc(C)cc2NC(=O)c2ccccn2)c1. The average molecular weight is 306 g/mol. The number of hydrogen-bond donors (Lipinski definition) is 1. The van der Waals surface area contributed by atoms with E-state index < -0.39 is 0 Å². The summed E-state index contributed by atoms with van der Waals surface area (Å²) < 4.78 is 1.75. The van der Waals surface area contributed by atoms with Crippen molar-refractivity contribution in [3.8, 4) is 5.69 Å². The molecule has 0 atom stereocenters. The lowest BCUT2D eigenvalue weighted by atomic mass is 10.1. The highest BCUT2D eigenvalue weighted by molar-refractivity contribution is 6.02. The van der Waals surface area contributed by atoms with Crippen LogP contribution in [0.1, 0.15) is 27.3 Å². The lowest BCUT2D eigenvalue weighted by Gasteiger charge is -2.10. The van der Waals surface area contributed by atoms with Gasteiger partial charge >= 0.3 is 0 Å². The van der Waals surface area contributed by atoms with Crippen LogP contribution < -0.4 is 5.32 Å². The highest BCUT2D eigenvalue weighted by Crippen LogP contribution is 2.20. The zero-order valence-corrected chi connectivity index (χ0v) is 13.4. The van der Waals surface area contributed by atoms with E-state index in [-0.39, 0.29) is 5.91 Å². The molecule has 0 radical (unpaired) electrons. The van der Waals surface area contributed by atoms with Crippen LogP contribution in [0.2, 0.25) is 0 Å². The number of carbonyl (C=O) groups excluding carboxylic acids is 1. The van der Waals surface area contributed by atoms with Crippen molar-refractivity contribution in [2.75, 3.05) is 5.32 Å². The van der Waals surface area contributed by atoms with Gasteiger partial charge in [0.15, 0.2) is 0 Å². The van der Waals surface area contributed by atoms with Crippen LogP contribution in [0.4, 0.5) is 5.82 Å². The maximum absolute atomic E-state index is 12.3. The summed E-state index contributed by atoms with van der Waals surface area (Å²) >= 11 is 0. The Bertz CT molecular complexity index is 832. The quantitative estimate of drug-likeness (QED) is 0.806. The van der Waals surface area contributed by atoms with E-state index in [0.29, 0.717) is 11.5 Å². The number of aryl methyl sites for hydroxylation is 3. The van der Waals surface area contributed by atoms with Gasteiger partial charge in [-0.15, -0.1) is 0 Å². The van der Waals surface area contributed by atoms with Crippen LogP contribution in [0.5, 0.6) is 0 Å². The lowest BCUT2D eigenvalue weighted by molar-refractivity contribution is 0.102. The van der Waals surface area contributed by atoms with E-state index in [1.54, 1.807) is 29.1 Å². The van der Waals surface area contributed by atoms with Crippen LogP contribution >= 0.6 is 0 Å². The first-order valence-corrected chi connectivity index (χ1v) is 7.40. The zero-order chi connectivity index (χ0) is 16.4. The summed E-state index contributed by atoms with van der Waals surface area (Å²) in [5.74, 6) is 0.374. The molecule has 2 heterocycles. The highest BCUT2D eigenvalue weighted by Gasteiger charge is 2.13. The van der Waals surface area contributed by atoms with E-state index in [2.05, 4.69) is 21.5 Å². The fourth-order valence-electron chi connectivity index (χ4n) is 2.54. The Balaban J connectivity index is 1.96. The fraction of sp³-hybridized carbons (Fsp3) is 0.167. The molecule has 2 aromatic heterocycles. The molecule has 0 bridgehead atoms. The summed E-state index contributed by atoms with van der Waals surface area (Å²) in [6, 6.07) is 13.3. The summed E-state index contributed by atoms with van der Waals surface area (Å²) in [6.45, 7) is 5.98. The lowest BCUT2D eigenvalue weighted by Crippen LogP contribution is -2.16. The molecule has 0 saturated carbocycles. The van der Waals surface area contributed by atoms with Crippen LogP contribution in [0.15, 0.2) is 48.7 Å². The second-order valence-electron chi connectivity index (χ2n) is 5.60. The maximum atomic E-state index is 12.3. The number of nitrogens with one attached hydrogen (secondary N) is 1. The van der Waals surface area contributed by atoms with Gasteiger partial charge in [0.1, 0.15) is 11.5 Å². The molecule has 1 aromatic carbocycles. The molecule has 5 heteroatoms. The topological polar surface area (TPSA) is 59.8 Å². The Morgan fingerprint density at radius 1 is 1.04 bits per heavy atom. The Morgan fingerprint density at radius 2 is 1.78 bits per heavy atom. The van der Waals surface area contributed by atoms with E-state index in [0.717, 1.165) is 22.5 Å². The third-order valence-electron chi connectivity index (χ3n) is 3.42. The summed E-state index contributed by atoms with van der Waals surface area (Å²) in [7, 11) is 0. The number of pyridine rings is 1. The molecule has 0 aliphatic rings. The molecule has 116 valence electrons. The van der Waals surface area contributed by atoms with E-state index in [9.17, 15) is 4.79 Å². The normalized spacial score (nSPS) is 10.6. The summed E-state index contributed by atoms with van der Waals surface area (Å²) in [4.78, 5) is 16.4. The Labute approximate surface area is 135 Å². The van der Waals surface area contributed by atoms with Crippen molar-refractivity contribution in [3.05, 3.63) is 71.2 Å². The molecule has 1 N–H and O–H groups in total. The van der Waals surface area contributed by atoms with Gasteiger partial charge in [-0.05, 0) is 56.2 Å². The molecule has 3 aromatic rings. The third-order valence-corrected chi connectivity index (χ3v) is 3.42. The first-order valence-electron chi connectivity index (χ1n) is 7.40. The number of benzene rings is 1. The molecule has 0 aliphatic carbocycles. The van der Waals surface area contributed by atoms with Crippen LogP contribution in [0.3, 0.4) is 0 Å². The average Bonchev–Trinajstić information content (AvgIpc) is 2.88. The van der Waals surface area contributed by atoms with Crippen molar-refractivity contribution >= 4 is 11.7 Å². The van der Waals surface area contributed by atoms with Crippen LogP contribution in [0, 0.1) is 20.8 Å². The second kappa shape index (κ2) is 6.04. The number of aromatic nitrogens is 3. The summed E-state index contributed by atoms with van der Waals surface area (Å²) in [6.07, 6.45) is 1.60. The van der Waals surface area contributed by atoms with Gasteiger partial charge in [-0.2, -0.15) is 5.10 Å². The number of hydrogen-bond acceptors (Lipinski definition) is 3. The predicted molar refractivity (Wildman–Crippen MR) is 90.0 cm³/mol. The first-order chi connectivity index (χ1) is 11.0. The molecular weight excluding hydrogens is 288 g/mol. The third kappa shape index (κ3) is 3.29. The molecular formula is C18H18N4O. The molecule has 0 saturated heterocycles. The number of rotatable bonds is 3. The Hall–Kier alpha value is -2.95. The Morgan fingerprint density at radius 3 is 2.43 bits per heavy atom. The number of anilines is 1. The molecule has 0 fully saturated rings. The molecule has 0 spiro atoms. The smallest absolute Gasteiger partial charge is 0.275 e. The Kier molecular flexibility index (Phi) is 3.93. The van der Waals surface area contributed by atoms with Crippen LogP contribution in [0.25, 0.3) is 5.69 Å². The number of nitrogens with zero attached hydrogens (tertiary/aromatic N) is 3.